The molecule has 0 aromatic heterocycles. The summed E-state index contributed by atoms with van der Waals surface area (Å²) in [5.41, 5.74) is 12.2. The summed E-state index contributed by atoms with van der Waals surface area (Å²) >= 11 is 0. The number of nitrogens with two attached hydrogens (primary N) is 2. The molecule has 0 saturated carbocycles. The van der Waals surface area contributed by atoms with Crippen molar-refractivity contribution in [2.75, 3.05) is 0 Å². The highest BCUT2D eigenvalue weighted by molar-refractivity contribution is 6.01. The Hall–Kier alpha value is -1.52. The molecule has 1 aromatic carbocycles. The molecule has 1 rings (SSSR count). The third kappa shape index (κ3) is 4.39. The number of Topliss-reactive ketones (excluding diaryl/α,β-unsaturated/α-hetero) is 2. The van der Waals surface area contributed by atoms with E-state index in [0.29, 0.717) is 11.1 Å². The maximum atomic E-state index is 11.8. The molecule has 4 heteroatoms. The van der Waals surface area contributed by atoms with E-state index in [1.807, 2.05) is 0 Å². The lowest BCUT2D eigenvalue weighted by Crippen LogP contribution is -2.21. The van der Waals surface area contributed by atoms with E-state index >= 15 is 0 Å². The molecule has 0 spiro atoms. The lowest BCUT2D eigenvalue weighted by molar-refractivity contribution is 0.0975. The van der Waals surface area contributed by atoms with Gasteiger partial charge < -0.3 is 11.5 Å². The molecular formula is C14H20N2O2. The highest BCUT2D eigenvalue weighted by atomic mass is 16.1. The minimum Gasteiger partial charge on any atom is -0.328 e. The van der Waals surface area contributed by atoms with Gasteiger partial charge >= 0.3 is 0 Å². The van der Waals surface area contributed by atoms with E-state index in [0.717, 1.165) is 0 Å². The smallest absolute Gasteiger partial charge is 0.164 e. The Bertz CT molecular complexity index is 402. The number of benzene rings is 1. The van der Waals surface area contributed by atoms with E-state index in [4.69, 9.17) is 11.5 Å². The average Bonchev–Trinajstić information content (AvgIpc) is 2.27. The number of rotatable bonds is 6. The summed E-state index contributed by atoms with van der Waals surface area (Å²) in [4.78, 5) is 23.7. The molecule has 0 aliphatic heterocycles. The standard InChI is InChI=1S/C14H20N2O2/c1-9(15)6-13(17)11-4-3-5-12(8-11)14(18)7-10(2)16/h3-5,8-10H,6-7,15-16H2,1-2H3. The molecule has 0 saturated heterocycles. The van der Waals surface area contributed by atoms with Gasteiger partial charge in [-0.2, -0.15) is 0 Å². The van der Waals surface area contributed by atoms with Crippen molar-refractivity contribution in [3.05, 3.63) is 35.4 Å². The summed E-state index contributed by atoms with van der Waals surface area (Å²) in [6, 6.07) is 6.38. The maximum absolute atomic E-state index is 11.8. The first-order valence-corrected chi connectivity index (χ1v) is 6.07. The topological polar surface area (TPSA) is 86.2 Å². The fourth-order valence-electron chi connectivity index (χ4n) is 1.69. The number of carbonyl (C=O) groups is 2. The Morgan fingerprint density at radius 3 is 1.72 bits per heavy atom. The fourth-order valence-corrected chi connectivity index (χ4v) is 1.69. The van der Waals surface area contributed by atoms with Gasteiger partial charge in [-0.15, -0.1) is 0 Å². The van der Waals surface area contributed by atoms with Crippen LogP contribution in [0.3, 0.4) is 0 Å². The number of hydrogen-bond acceptors (Lipinski definition) is 4. The van der Waals surface area contributed by atoms with Gasteiger partial charge in [-0.05, 0) is 19.9 Å². The number of ketones is 2. The highest BCUT2D eigenvalue weighted by Crippen LogP contribution is 2.11. The number of hydrogen-bond donors (Lipinski definition) is 2. The predicted octanol–water partition coefficient (Wildman–Crippen LogP) is 1.53. The Balaban J connectivity index is 2.85. The quantitative estimate of drug-likeness (QED) is 0.747. The average molecular weight is 248 g/mol. The van der Waals surface area contributed by atoms with Gasteiger partial charge in [-0.25, -0.2) is 0 Å². The monoisotopic (exact) mass is 248 g/mol. The minimum atomic E-state index is -0.180. The van der Waals surface area contributed by atoms with Crippen LogP contribution < -0.4 is 11.5 Å². The van der Waals surface area contributed by atoms with Gasteiger partial charge in [-0.3, -0.25) is 9.59 Å². The second-order valence-corrected chi connectivity index (χ2v) is 4.79. The summed E-state index contributed by atoms with van der Waals surface area (Å²) in [6.07, 6.45) is 0.565. The molecule has 4 N–H and O–H groups in total. The van der Waals surface area contributed by atoms with Gasteiger partial charge in [0.15, 0.2) is 11.6 Å². The molecule has 0 bridgehead atoms. The van der Waals surface area contributed by atoms with Crippen LogP contribution in [-0.2, 0) is 0 Å². The zero-order valence-electron chi connectivity index (χ0n) is 10.8. The Morgan fingerprint density at radius 1 is 1.00 bits per heavy atom. The van der Waals surface area contributed by atoms with Crippen molar-refractivity contribution in [1.82, 2.24) is 0 Å². The SMILES string of the molecule is CC(N)CC(=O)c1cccc(C(=O)CC(C)N)c1. The van der Waals surface area contributed by atoms with E-state index in [-0.39, 0.29) is 36.5 Å². The van der Waals surface area contributed by atoms with Gasteiger partial charge in [0, 0.05) is 36.1 Å². The summed E-state index contributed by atoms with van der Waals surface area (Å²) in [7, 11) is 0. The molecule has 0 fully saturated rings. The molecule has 1 aromatic rings. The van der Waals surface area contributed by atoms with E-state index in [2.05, 4.69) is 0 Å². The van der Waals surface area contributed by atoms with Gasteiger partial charge in [-0.1, -0.05) is 18.2 Å². The van der Waals surface area contributed by atoms with E-state index in [9.17, 15) is 9.59 Å². The molecule has 0 aliphatic rings. The molecule has 2 atom stereocenters. The van der Waals surface area contributed by atoms with Gasteiger partial charge in [0.05, 0.1) is 0 Å². The van der Waals surface area contributed by atoms with Crippen molar-refractivity contribution in [2.45, 2.75) is 38.8 Å². The summed E-state index contributed by atoms with van der Waals surface area (Å²) in [5.74, 6) is -0.0825. The minimum absolute atomic E-state index is 0.0413. The third-order valence-electron chi connectivity index (χ3n) is 2.52. The summed E-state index contributed by atoms with van der Waals surface area (Å²) in [5, 5.41) is 0. The fraction of sp³-hybridized carbons (Fsp3) is 0.429. The Kier molecular flexibility index (Phi) is 5.19. The molecule has 0 radical (unpaired) electrons. The highest BCUT2D eigenvalue weighted by Gasteiger charge is 2.12. The molecular weight excluding hydrogens is 228 g/mol. The van der Waals surface area contributed by atoms with E-state index in [1.165, 1.54) is 0 Å². The van der Waals surface area contributed by atoms with Crippen LogP contribution in [0.2, 0.25) is 0 Å². The van der Waals surface area contributed by atoms with Crippen molar-refractivity contribution >= 4 is 11.6 Å². The lowest BCUT2D eigenvalue weighted by Gasteiger charge is -2.07. The van der Waals surface area contributed by atoms with Crippen LogP contribution >= 0.6 is 0 Å². The first-order valence-electron chi connectivity index (χ1n) is 6.07. The van der Waals surface area contributed by atoms with Crippen LogP contribution in [0.25, 0.3) is 0 Å². The third-order valence-corrected chi connectivity index (χ3v) is 2.52. The number of carbonyl (C=O) groups excluding carboxylic acids is 2. The first kappa shape index (κ1) is 14.5. The molecule has 2 unspecified atom stereocenters. The first-order chi connectivity index (χ1) is 8.40. The van der Waals surface area contributed by atoms with Crippen molar-refractivity contribution in [1.29, 1.82) is 0 Å². The summed E-state index contributed by atoms with van der Waals surface area (Å²) in [6.45, 7) is 3.56. The van der Waals surface area contributed by atoms with Crippen molar-refractivity contribution in [3.63, 3.8) is 0 Å². The van der Waals surface area contributed by atoms with Crippen molar-refractivity contribution < 1.29 is 9.59 Å². The molecule has 4 nitrogen and oxygen atoms in total. The summed E-state index contributed by atoms with van der Waals surface area (Å²) < 4.78 is 0. The normalized spacial score (nSPS) is 14.0. The van der Waals surface area contributed by atoms with E-state index in [1.54, 1.807) is 38.1 Å². The van der Waals surface area contributed by atoms with E-state index < -0.39 is 0 Å². The van der Waals surface area contributed by atoms with Crippen LogP contribution in [0, 0.1) is 0 Å². The molecule has 0 aliphatic carbocycles. The zero-order chi connectivity index (χ0) is 13.7. The largest absolute Gasteiger partial charge is 0.328 e. The van der Waals surface area contributed by atoms with Crippen molar-refractivity contribution in [2.24, 2.45) is 11.5 Å². The zero-order valence-corrected chi connectivity index (χ0v) is 10.8. The van der Waals surface area contributed by atoms with Gasteiger partial charge in [0.2, 0.25) is 0 Å². The van der Waals surface area contributed by atoms with Gasteiger partial charge in [0.25, 0.3) is 0 Å². The van der Waals surface area contributed by atoms with Crippen LogP contribution in [0.4, 0.5) is 0 Å². The van der Waals surface area contributed by atoms with Crippen molar-refractivity contribution in [3.8, 4) is 0 Å². The molecule has 0 heterocycles. The van der Waals surface area contributed by atoms with Crippen LogP contribution in [0.1, 0.15) is 47.4 Å². The Morgan fingerprint density at radius 2 is 1.39 bits per heavy atom. The van der Waals surface area contributed by atoms with Crippen LogP contribution in [0.15, 0.2) is 24.3 Å². The van der Waals surface area contributed by atoms with Crippen LogP contribution in [-0.4, -0.2) is 23.7 Å². The van der Waals surface area contributed by atoms with Gasteiger partial charge in [0.1, 0.15) is 0 Å². The predicted molar refractivity (Wildman–Crippen MR) is 71.6 cm³/mol. The molecule has 98 valence electrons. The lowest BCUT2D eigenvalue weighted by atomic mass is 9.99. The Labute approximate surface area is 107 Å². The maximum Gasteiger partial charge on any atom is 0.164 e. The second kappa shape index (κ2) is 6.42. The second-order valence-electron chi connectivity index (χ2n) is 4.79. The molecule has 18 heavy (non-hydrogen) atoms. The van der Waals surface area contributed by atoms with Crippen LogP contribution in [0.5, 0.6) is 0 Å². The molecule has 0 amide bonds.